The summed E-state index contributed by atoms with van der Waals surface area (Å²) in [5.74, 6) is 3.26. The van der Waals surface area contributed by atoms with E-state index in [2.05, 4.69) is 27.0 Å². The highest BCUT2D eigenvalue weighted by Gasteiger charge is 2.42. The summed E-state index contributed by atoms with van der Waals surface area (Å²) >= 11 is 0. The molecule has 4 aliphatic rings. The van der Waals surface area contributed by atoms with E-state index in [1.807, 2.05) is 6.92 Å². The second-order valence-electron chi connectivity index (χ2n) is 8.11. The first kappa shape index (κ1) is 14.0. The molecule has 23 heavy (non-hydrogen) atoms. The summed E-state index contributed by atoms with van der Waals surface area (Å²) in [5.41, 5.74) is 2.12. The summed E-state index contributed by atoms with van der Waals surface area (Å²) in [4.78, 5) is 22.7. The van der Waals surface area contributed by atoms with Crippen molar-refractivity contribution in [2.45, 2.75) is 57.5 Å². The number of rotatable bonds is 2. The summed E-state index contributed by atoms with van der Waals surface area (Å²) in [6, 6.07) is 1.15. The Labute approximate surface area is 137 Å². The number of aromatic amines is 1. The fourth-order valence-corrected chi connectivity index (χ4v) is 5.63. The van der Waals surface area contributed by atoms with Crippen molar-refractivity contribution in [3.05, 3.63) is 39.6 Å². The molecule has 5 rings (SSSR count). The van der Waals surface area contributed by atoms with Gasteiger partial charge in [0.2, 0.25) is 0 Å². The molecule has 1 aromatic rings. The molecule has 2 fully saturated rings. The van der Waals surface area contributed by atoms with E-state index in [0.717, 1.165) is 47.7 Å². The van der Waals surface area contributed by atoms with Crippen molar-refractivity contribution in [1.29, 1.82) is 0 Å². The minimum Gasteiger partial charge on any atom is -0.311 e. The van der Waals surface area contributed by atoms with Gasteiger partial charge in [0.1, 0.15) is 5.82 Å². The van der Waals surface area contributed by atoms with E-state index in [1.165, 1.54) is 32.2 Å². The molecule has 0 amide bonds. The first-order valence-corrected chi connectivity index (χ1v) is 9.20. The summed E-state index contributed by atoms with van der Waals surface area (Å²) in [6.07, 6.45) is 12.0. The van der Waals surface area contributed by atoms with E-state index >= 15 is 0 Å². The Bertz CT molecular complexity index is 722. The monoisotopic (exact) mass is 311 g/mol. The van der Waals surface area contributed by atoms with E-state index in [9.17, 15) is 4.79 Å². The molecule has 1 aromatic heterocycles. The smallest absolute Gasteiger partial charge is 0.254 e. The molecule has 0 aromatic carbocycles. The topological polar surface area (TPSA) is 49.0 Å². The second-order valence-corrected chi connectivity index (χ2v) is 8.11. The van der Waals surface area contributed by atoms with Crippen LogP contribution < -0.4 is 5.56 Å². The molecule has 1 saturated heterocycles. The average molecular weight is 311 g/mol. The Hall–Kier alpha value is -1.42. The predicted molar refractivity (Wildman–Crippen MR) is 89.4 cm³/mol. The van der Waals surface area contributed by atoms with Gasteiger partial charge in [-0.05, 0) is 56.8 Å². The molecule has 4 heteroatoms. The first-order valence-electron chi connectivity index (χ1n) is 9.20. The number of hydrogen-bond donors (Lipinski definition) is 1. The Morgan fingerprint density at radius 1 is 1.22 bits per heavy atom. The number of allylic oxidation sites excluding steroid dienone is 2. The molecule has 0 spiro atoms. The van der Waals surface area contributed by atoms with Crippen molar-refractivity contribution >= 4 is 0 Å². The van der Waals surface area contributed by atoms with E-state index in [4.69, 9.17) is 0 Å². The van der Waals surface area contributed by atoms with Gasteiger partial charge in [0, 0.05) is 30.6 Å². The molecule has 2 aliphatic heterocycles. The lowest BCUT2D eigenvalue weighted by atomic mass is 9.92. The molecule has 4 bridgehead atoms. The minimum atomic E-state index is 0.0999. The summed E-state index contributed by atoms with van der Waals surface area (Å²) < 4.78 is 0. The van der Waals surface area contributed by atoms with Crippen LogP contribution >= 0.6 is 0 Å². The zero-order valence-electron chi connectivity index (χ0n) is 13.8. The van der Waals surface area contributed by atoms with E-state index in [0.29, 0.717) is 12.1 Å². The fraction of sp³-hybridized carbons (Fsp3) is 0.684. The van der Waals surface area contributed by atoms with Gasteiger partial charge in [-0.25, -0.2) is 4.98 Å². The summed E-state index contributed by atoms with van der Waals surface area (Å²) in [5, 5.41) is 0. The Balaban J connectivity index is 1.42. The number of nitrogens with one attached hydrogen (secondary N) is 1. The number of nitrogens with zero attached hydrogens (tertiary/aromatic N) is 2. The molecule has 122 valence electrons. The van der Waals surface area contributed by atoms with Gasteiger partial charge in [-0.15, -0.1) is 0 Å². The van der Waals surface area contributed by atoms with Crippen LogP contribution in [-0.2, 0) is 12.8 Å². The van der Waals surface area contributed by atoms with Crippen LogP contribution in [0.4, 0.5) is 0 Å². The van der Waals surface area contributed by atoms with Gasteiger partial charge >= 0.3 is 0 Å². The maximum atomic E-state index is 12.3. The molecule has 2 aliphatic carbocycles. The molecule has 1 N–H and O–H groups in total. The number of aryl methyl sites for hydroxylation is 1. The zero-order valence-corrected chi connectivity index (χ0v) is 13.8. The molecule has 0 radical (unpaired) electrons. The van der Waals surface area contributed by atoms with Gasteiger partial charge < -0.3 is 4.98 Å². The zero-order chi connectivity index (χ0) is 15.6. The summed E-state index contributed by atoms with van der Waals surface area (Å²) in [6.45, 7) is 3.12. The number of fused-ring (bicyclic) bond motifs is 5. The lowest BCUT2D eigenvalue weighted by Gasteiger charge is -2.32. The highest BCUT2D eigenvalue weighted by molar-refractivity contribution is 5.24. The normalized spacial score (nSPS) is 38.0. The third-order valence-corrected chi connectivity index (χ3v) is 6.72. The maximum Gasteiger partial charge on any atom is 0.254 e. The molecular weight excluding hydrogens is 286 g/mol. The molecular formula is C19H25N3O. The van der Waals surface area contributed by atoms with E-state index in [-0.39, 0.29) is 5.56 Å². The van der Waals surface area contributed by atoms with Crippen LogP contribution in [0, 0.1) is 24.7 Å². The van der Waals surface area contributed by atoms with E-state index < -0.39 is 0 Å². The van der Waals surface area contributed by atoms with Gasteiger partial charge in [-0.3, -0.25) is 9.69 Å². The predicted octanol–water partition coefficient (Wildman–Crippen LogP) is 2.22. The number of hydrogen-bond acceptors (Lipinski definition) is 3. The highest BCUT2D eigenvalue weighted by atomic mass is 16.1. The quantitative estimate of drug-likeness (QED) is 0.852. The largest absolute Gasteiger partial charge is 0.311 e. The molecule has 1 saturated carbocycles. The third-order valence-electron chi connectivity index (χ3n) is 6.72. The lowest BCUT2D eigenvalue weighted by molar-refractivity contribution is 0.154. The van der Waals surface area contributed by atoms with Crippen molar-refractivity contribution in [3.63, 3.8) is 0 Å². The average Bonchev–Trinajstić information content (AvgIpc) is 3.16. The van der Waals surface area contributed by atoms with Crippen LogP contribution in [0.5, 0.6) is 0 Å². The van der Waals surface area contributed by atoms with Crippen LogP contribution in [0.15, 0.2) is 16.9 Å². The molecule has 3 heterocycles. The van der Waals surface area contributed by atoms with Crippen LogP contribution in [0.1, 0.15) is 42.8 Å². The van der Waals surface area contributed by atoms with Crippen molar-refractivity contribution < 1.29 is 0 Å². The van der Waals surface area contributed by atoms with Gasteiger partial charge in [0.25, 0.3) is 5.56 Å². The van der Waals surface area contributed by atoms with Crippen molar-refractivity contribution in [2.24, 2.45) is 17.8 Å². The van der Waals surface area contributed by atoms with E-state index in [1.54, 1.807) is 0 Å². The lowest BCUT2D eigenvalue weighted by Crippen LogP contribution is -2.41. The standard InChI is InChI=1S/C19H25N3O/c1-11-20-18-9-16-5-4-15(8-17(18)19(23)21-11)22(16)10-14-7-12-2-3-13(14)6-12/h2-3,12-16H,4-10H2,1H3,(H,20,21,23)/t12-,13-,14+,15-,16+/m0/s1. The molecule has 4 nitrogen and oxygen atoms in total. The Kier molecular flexibility index (Phi) is 3.06. The van der Waals surface area contributed by atoms with Crippen LogP contribution in [0.2, 0.25) is 0 Å². The maximum absolute atomic E-state index is 12.3. The van der Waals surface area contributed by atoms with Gasteiger partial charge in [0.15, 0.2) is 0 Å². The van der Waals surface area contributed by atoms with Crippen LogP contribution in [0.25, 0.3) is 0 Å². The summed E-state index contributed by atoms with van der Waals surface area (Å²) in [7, 11) is 0. The third kappa shape index (κ3) is 2.22. The first-order chi connectivity index (χ1) is 11.2. The minimum absolute atomic E-state index is 0.0999. The Morgan fingerprint density at radius 2 is 2.04 bits per heavy atom. The molecule has 0 unspecified atom stereocenters. The van der Waals surface area contributed by atoms with Gasteiger partial charge in [0.05, 0.1) is 5.69 Å². The van der Waals surface area contributed by atoms with Crippen molar-refractivity contribution in [1.82, 2.24) is 14.9 Å². The second kappa shape index (κ2) is 5.04. The Morgan fingerprint density at radius 3 is 2.78 bits per heavy atom. The molecule has 5 atom stereocenters. The van der Waals surface area contributed by atoms with Gasteiger partial charge in [-0.1, -0.05) is 12.2 Å². The number of aromatic nitrogens is 2. The van der Waals surface area contributed by atoms with Crippen LogP contribution in [0.3, 0.4) is 0 Å². The van der Waals surface area contributed by atoms with Crippen molar-refractivity contribution in [3.8, 4) is 0 Å². The van der Waals surface area contributed by atoms with Gasteiger partial charge in [-0.2, -0.15) is 0 Å². The fourth-order valence-electron chi connectivity index (χ4n) is 5.63. The van der Waals surface area contributed by atoms with Crippen molar-refractivity contribution in [2.75, 3.05) is 6.54 Å². The van der Waals surface area contributed by atoms with Crippen LogP contribution in [-0.4, -0.2) is 33.5 Å². The highest BCUT2D eigenvalue weighted by Crippen LogP contribution is 2.45. The SMILES string of the molecule is Cc1nc2c(c(=O)[nH]1)C[C@@H]1CC[C@H](C2)N1C[C@H]1C[C@H]2C=C[C@H]1C2. The number of H-pyrrole nitrogens is 1.